The number of carboxylic acids is 1. The third-order valence-corrected chi connectivity index (χ3v) is 2.73. The van der Waals surface area contributed by atoms with Gasteiger partial charge in [0.25, 0.3) is 0 Å². The van der Waals surface area contributed by atoms with Crippen molar-refractivity contribution in [3.8, 4) is 0 Å². The maximum absolute atomic E-state index is 11.5. The summed E-state index contributed by atoms with van der Waals surface area (Å²) >= 11 is 3.15. The lowest BCUT2D eigenvalue weighted by Crippen LogP contribution is -2.19. The van der Waals surface area contributed by atoms with E-state index < -0.39 is 5.97 Å². The van der Waals surface area contributed by atoms with Crippen LogP contribution in [0.1, 0.15) is 22.1 Å². The maximum atomic E-state index is 11.5. The number of carboxylic acid groups (broad SMARTS) is 1. The fourth-order valence-electron chi connectivity index (χ4n) is 1.40. The zero-order valence-electron chi connectivity index (χ0n) is 10.1. The molecule has 0 aliphatic carbocycles. The number of halogens is 1. The molecule has 2 aromatic rings. The summed E-state index contributed by atoms with van der Waals surface area (Å²) < 4.78 is 10.8. The smallest absolute Gasteiger partial charge is 0.371 e. The van der Waals surface area contributed by atoms with Crippen LogP contribution in [0.15, 0.2) is 43.8 Å². The van der Waals surface area contributed by atoms with E-state index in [9.17, 15) is 9.59 Å². The number of furan rings is 2. The highest BCUT2D eigenvalue weighted by molar-refractivity contribution is 9.10. The van der Waals surface area contributed by atoms with E-state index in [4.69, 9.17) is 13.9 Å². The van der Waals surface area contributed by atoms with Crippen LogP contribution in [0, 0.1) is 0 Å². The van der Waals surface area contributed by atoms with E-state index in [0.29, 0.717) is 16.2 Å². The van der Waals surface area contributed by atoms with Crippen LogP contribution in [-0.4, -0.2) is 17.0 Å². The molecule has 0 spiro atoms. The fraction of sp³-hybridized carbons (Fsp3) is 0.0769. The van der Waals surface area contributed by atoms with E-state index in [1.54, 1.807) is 12.1 Å². The third kappa shape index (κ3) is 3.86. The first-order valence-electron chi connectivity index (χ1n) is 5.58. The van der Waals surface area contributed by atoms with Gasteiger partial charge in [-0.05, 0) is 46.3 Å². The van der Waals surface area contributed by atoms with Gasteiger partial charge in [-0.2, -0.15) is 0 Å². The summed E-state index contributed by atoms with van der Waals surface area (Å²) in [6.07, 6.45) is 2.83. The van der Waals surface area contributed by atoms with Crippen LogP contribution in [0.4, 0.5) is 0 Å². The highest BCUT2D eigenvalue weighted by Gasteiger charge is 2.09. The molecular weight excluding hydrogens is 330 g/mol. The van der Waals surface area contributed by atoms with E-state index in [2.05, 4.69) is 21.2 Å². The molecule has 2 heterocycles. The van der Waals surface area contributed by atoms with Crippen molar-refractivity contribution >= 4 is 33.9 Å². The number of carbonyl (C=O) groups is 2. The van der Waals surface area contributed by atoms with Gasteiger partial charge in [-0.15, -0.1) is 0 Å². The lowest BCUT2D eigenvalue weighted by Gasteiger charge is -1.98. The Balaban J connectivity index is 1.85. The van der Waals surface area contributed by atoms with Gasteiger partial charge in [-0.3, -0.25) is 4.79 Å². The second-order valence-corrected chi connectivity index (χ2v) is 4.55. The van der Waals surface area contributed by atoms with Crippen molar-refractivity contribution in [3.05, 3.63) is 52.3 Å². The van der Waals surface area contributed by atoms with Gasteiger partial charge < -0.3 is 19.3 Å². The molecule has 2 N–H and O–H groups in total. The van der Waals surface area contributed by atoms with Gasteiger partial charge in [0.05, 0.1) is 6.54 Å². The van der Waals surface area contributed by atoms with E-state index in [1.807, 2.05) is 0 Å². The van der Waals surface area contributed by atoms with E-state index in [1.165, 1.54) is 24.3 Å². The van der Waals surface area contributed by atoms with Crippen LogP contribution < -0.4 is 5.32 Å². The zero-order valence-corrected chi connectivity index (χ0v) is 11.7. The summed E-state index contributed by atoms with van der Waals surface area (Å²) in [7, 11) is 0. The number of nitrogens with one attached hydrogen (secondary N) is 1. The molecule has 0 saturated carbocycles. The molecule has 20 heavy (non-hydrogen) atoms. The molecule has 0 unspecified atom stereocenters. The second kappa shape index (κ2) is 6.25. The van der Waals surface area contributed by atoms with Crippen LogP contribution in [-0.2, 0) is 11.3 Å². The minimum absolute atomic E-state index is 0.109. The summed E-state index contributed by atoms with van der Waals surface area (Å²) in [6, 6.07) is 6.25. The molecule has 0 fully saturated rings. The molecule has 0 aliphatic rings. The van der Waals surface area contributed by atoms with Crippen LogP contribution in [0.3, 0.4) is 0 Å². The van der Waals surface area contributed by atoms with Crippen molar-refractivity contribution in [2.75, 3.05) is 0 Å². The maximum Gasteiger partial charge on any atom is 0.371 e. The summed E-state index contributed by atoms with van der Waals surface area (Å²) in [4.78, 5) is 22.1. The van der Waals surface area contributed by atoms with Crippen LogP contribution >= 0.6 is 15.9 Å². The first-order chi connectivity index (χ1) is 9.54. The van der Waals surface area contributed by atoms with Gasteiger partial charge in [-0.1, -0.05) is 0 Å². The van der Waals surface area contributed by atoms with E-state index >= 15 is 0 Å². The van der Waals surface area contributed by atoms with Crippen LogP contribution in [0.2, 0.25) is 0 Å². The molecule has 2 rings (SSSR count). The number of hydrogen-bond donors (Lipinski definition) is 2. The van der Waals surface area contributed by atoms with Gasteiger partial charge in [0.1, 0.15) is 11.5 Å². The number of aromatic carboxylic acids is 1. The lowest BCUT2D eigenvalue weighted by atomic mass is 10.3. The monoisotopic (exact) mass is 339 g/mol. The predicted molar refractivity (Wildman–Crippen MR) is 73.0 cm³/mol. The van der Waals surface area contributed by atoms with Gasteiger partial charge in [0.15, 0.2) is 4.67 Å². The topological polar surface area (TPSA) is 92.7 Å². The average molecular weight is 340 g/mol. The van der Waals surface area contributed by atoms with Crippen LogP contribution in [0.25, 0.3) is 6.08 Å². The van der Waals surface area contributed by atoms with E-state index in [0.717, 1.165) is 0 Å². The Bertz CT molecular complexity index is 655. The molecule has 0 saturated heterocycles. The molecule has 1 amide bonds. The molecule has 7 heteroatoms. The van der Waals surface area contributed by atoms with Gasteiger partial charge in [0, 0.05) is 6.08 Å². The van der Waals surface area contributed by atoms with Crippen molar-refractivity contribution in [1.82, 2.24) is 5.32 Å². The van der Waals surface area contributed by atoms with Crippen molar-refractivity contribution in [3.63, 3.8) is 0 Å². The predicted octanol–water partition coefficient (Wildman–Crippen LogP) is 2.66. The minimum atomic E-state index is -1.15. The summed E-state index contributed by atoms with van der Waals surface area (Å²) in [5.74, 6) is -0.745. The van der Waals surface area contributed by atoms with Gasteiger partial charge in [-0.25, -0.2) is 4.79 Å². The summed E-state index contributed by atoms with van der Waals surface area (Å²) in [5.41, 5.74) is 0. The van der Waals surface area contributed by atoms with Gasteiger partial charge in [0.2, 0.25) is 11.7 Å². The van der Waals surface area contributed by atoms with Crippen molar-refractivity contribution in [1.29, 1.82) is 0 Å². The highest BCUT2D eigenvalue weighted by atomic mass is 79.9. The number of amides is 1. The molecule has 6 nitrogen and oxygen atoms in total. The first-order valence-corrected chi connectivity index (χ1v) is 6.37. The SMILES string of the molecule is O=C(/C=C/c1ccc(Br)o1)NCc1ccc(C(=O)O)o1. The Morgan fingerprint density at radius 1 is 1.25 bits per heavy atom. The third-order valence-electron chi connectivity index (χ3n) is 2.30. The van der Waals surface area contributed by atoms with Crippen molar-refractivity contribution < 1.29 is 23.5 Å². The molecular formula is C13H10BrNO5. The fourth-order valence-corrected chi connectivity index (χ4v) is 1.72. The molecule has 0 bridgehead atoms. The van der Waals surface area contributed by atoms with Gasteiger partial charge >= 0.3 is 5.97 Å². The lowest BCUT2D eigenvalue weighted by molar-refractivity contribution is -0.116. The Hall–Kier alpha value is -2.28. The zero-order chi connectivity index (χ0) is 14.5. The molecule has 0 atom stereocenters. The molecule has 0 aromatic carbocycles. The number of rotatable bonds is 5. The normalized spacial score (nSPS) is 10.8. The van der Waals surface area contributed by atoms with Crippen LogP contribution in [0.5, 0.6) is 0 Å². The summed E-state index contributed by atoms with van der Waals surface area (Å²) in [6.45, 7) is 0.109. The van der Waals surface area contributed by atoms with E-state index in [-0.39, 0.29) is 18.2 Å². The Morgan fingerprint density at radius 2 is 2.05 bits per heavy atom. The Morgan fingerprint density at radius 3 is 2.65 bits per heavy atom. The number of hydrogen-bond acceptors (Lipinski definition) is 4. The highest BCUT2D eigenvalue weighted by Crippen LogP contribution is 2.14. The number of carbonyl (C=O) groups excluding carboxylic acids is 1. The first kappa shape index (κ1) is 14.1. The average Bonchev–Trinajstić information content (AvgIpc) is 3.03. The molecule has 0 radical (unpaired) electrons. The largest absolute Gasteiger partial charge is 0.475 e. The summed E-state index contributed by atoms with van der Waals surface area (Å²) in [5, 5.41) is 11.2. The quantitative estimate of drug-likeness (QED) is 0.817. The standard InChI is InChI=1S/C13H10BrNO5/c14-11-5-2-8(20-11)3-6-12(16)15-7-9-1-4-10(19-9)13(17)18/h1-6H,7H2,(H,15,16)(H,17,18)/b6-3+. The Labute approximate surface area is 122 Å². The van der Waals surface area contributed by atoms with Crippen molar-refractivity contribution in [2.45, 2.75) is 6.54 Å². The molecule has 104 valence electrons. The molecule has 0 aliphatic heterocycles. The Kier molecular flexibility index (Phi) is 4.41. The van der Waals surface area contributed by atoms with Crippen molar-refractivity contribution in [2.24, 2.45) is 0 Å². The molecule has 2 aromatic heterocycles. The second-order valence-electron chi connectivity index (χ2n) is 3.76. The minimum Gasteiger partial charge on any atom is -0.475 e.